The van der Waals surface area contributed by atoms with Crippen molar-refractivity contribution in [3.63, 3.8) is 0 Å². The number of aliphatic hydroxyl groups excluding tert-OH is 1. The van der Waals surface area contributed by atoms with E-state index in [0.717, 1.165) is 30.6 Å². The summed E-state index contributed by atoms with van der Waals surface area (Å²) < 4.78 is 29.2. The first-order chi connectivity index (χ1) is 13.0. The highest BCUT2D eigenvalue weighted by Crippen LogP contribution is 2.26. The Labute approximate surface area is 155 Å². The van der Waals surface area contributed by atoms with Gasteiger partial charge in [-0.05, 0) is 25.5 Å². The number of H-pyrrole nitrogens is 1. The molecule has 2 unspecified atom stereocenters. The number of aryl methyl sites for hydroxylation is 1. The Morgan fingerprint density at radius 3 is 3.00 bits per heavy atom. The quantitative estimate of drug-likeness (QED) is 0.643. The number of hydrogen-bond acceptors (Lipinski definition) is 4. The van der Waals surface area contributed by atoms with Crippen LogP contribution in [0, 0.1) is 11.6 Å². The maximum absolute atomic E-state index is 14.0. The summed E-state index contributed by atoms with van der Waals surface area (Å²) in [5.41, 5.74) is 1.52. The maximum Gasteiger partial charge on any atom is 0.135 e. The lowest BCUT2D eigenvalue weighted by atomic mass is 10.1. The summed E-state index contributed by atoms with van der Waals surface area (Å²) in [6, 6.07) is 3.77. The van der Waals surface area contributed by atoms with E-state index in [9.17, 15) is 8.78 Å². The van der Waals surface area contributed by atoms with Crippen LogP contribution in [-0.4, -0.2) is 30.7 Å². The monoisotopic (exact) mass is 373 g/mol. The van der Waals surface area contributed by atoms with Crippen molar-refractivity contribution in [1.29, 1.82) is 0 Å². The summed E-state index contributed by atoms with van der Waals surface area (Å²) in [5, 5.41) is 12.7. The fourth-order valence-corrected chi connectivity index (χ4v) is 3.52. The van der Waals surface area contributed by atoms with Gasteiger partial charge >= 0.3 is 0 Å². The molecule has 4 rings (SSSR count). The van der Waals surface area contributed by atoms with Crippen LogP contribution in [0.5, 0.6) is 0 Å². The molecule has 27 heavy (non-hydrogen) atoms. The van der Waals surface area contributed by atoms with E-state index in [0.29, 0.717) is 23.5 Å². The zero-order valence-electron chi connectivity index (χ0n) is 14.9. The fraction of sp³-hybridized carbons (Fsp3) is 0.368. The Kier molecular flexibility index (Phi) is 4.75. The summed E-state index contributed by atoms with van der Waals surface area (Å²) in [6.45, 7) is 2.66. The van der Waals surface area contributed by atoms with Crippen LogP contribution in [-0.2, 0) is 19.6 Å². The van der Waals surface area contributed by atoms with Gasteiger partial charge in [0.05, 0.1) is 30.2 Å². The van der Waals surface area contributed by atoms with Crippen LogP contribution >= 0.6 is 0 Å². The van der Waals surface area contributed by atoms with E-state index in [-0.39, 0.29) is 18.7 Å². The third-order valence-corrected chi connectivity index (χ3v) is 4.91. The van der Waals surface area contributed by atoms with Crippen molar-refractivity contribution in [2.45, 2.75) is 45.0 Å². The summed E-state index contributed by atoms with van der Waals surface area (Å²) >= 11 is 0. The second-order valence-corrected chi connectivity index (χ2v) is 6.89. The smallest absolute Gasteiger partial charge is 0.135 e. The van der Waals surface area contributed by atoms with Crippen molar-refractivity contribution in [3.05, 3.63) is 59.6 Å². The number of halogens is 2. The average molecular weight is 373 g/mol. The van der Waals surface area contributed by atoms with Crippen LogP contribution < -0.4 is 5.32 Å². The van der Waals surface area contributed by atoms with Gasteiger partial charge in [0.15, 0.2) is 0 Å². The molecule has 0 aliphatic carbocycles. The van der Waals surface area contributed by atoms with Crippen molar-refractivity contribution in [1.82, 2.24) is 24.8 Å². The molecule has 3 N–H and O–H groups in total. The van der Waals surface area contributed by atoms with Crippen molar-refractivity contribution >= 4 is 0 Å². The Morgan fingerprint density at radius 1 is 1.41 bits per heavy atom. The van der Waals surface area contributed by atoms with E-state index in [4.69, 9.17) is 5.11 Å². The molecule has 0 fully saturated rings. The van der Waals surface area contributed by atoms with Gasteiger partial charge in [-0.3, -0.25) is 0 Å². The lowest BCUT2D eigenvalue weighted by Crippen LogP contribution is -2.39. The zero-order valence-corrected chi connectivity index (χ0v) is 14.9. The van der Waals surface area contributed by atoms with Gasteiger partial charge in [-0.2, -0.15) is 0 Å². The molecular formula is C19H21F2N5O. The van der Waals surface area contributed by atoms with E-state index >= 15 is 0 Å². The number of imidazole rings is 2. The van der Waals surface area contributed by atoms with E-state index in [1.165, 1.54) is 12.1 Å². The molecule has 8 heteroatoms. The minimum atomic E-state index is -0.605. The summed E-state index contributed by atoms with van der Waals surface area (Å²) in [5.74, 6) is 0.483. The van der Waals surface area contributed by atoms with Crippen LogP contribution in [0.1, 0.15) is 36.7 Å². The topological polar surface area (TPSA) is 78.8 Å². The summed E-state index contributed by atoms with van der Waals surface area (Å²) in [6.07, 6.45) is 5.13. The molecule has 3 heterocycles. The normalized spacial score (nSPS) is 17.7. The molecule has 0 bridgehead atoms. The van der Waals surface area contributed by atoms with Crippen molar-refractivity contribution in [2.75, 3.05) is 0 Å². The number of fused-ring (bicyclic) bond motifs is 1. The first kappa shape index (κ1) is 17.8. The first-order valence-corrected chi connectivity index (χ1v) is 8.95. The number of aromatic amines is 1. The van der Waals surface area contributed by atoms with Crippen LogP contribution in [0.15, 0.2) is 30.6 Å². The number of nitrogens with zero attached hydrogens (tertiary/aromatic N) is 3. The lowest BCUT2D eigenvalue weighted by Gasteiger charge is -2.27. The minimum absolute atomic E-state index is 0.00869. The van der Waals surface area contributed by atoms with Gasteiger partial charge in [-0.15, -0.1) is 0 Å². The highest BCUT2D eigenvalue weighted by molar-refractivity contribution is 5.59. The second kappa shape index (κ2) is 7.21. The molecule has 3 aromatic rings. The molecular weight excluding hydrogens is 352 g/mol. The number of nitrogens with one attached hydrogen (secondary N) is 2. The second-order valence-electron chi connectivity index (χ2n) is 6.89. The minimum Gasteiger partial charge on any atom is -0.390 e. The van der Waals surface area contributed by atoms with E-state index in [1.807, 2.05) is 17.7 Å². The highest BCUT2D eigenvalue weighted by atomic mass is 19.1. The molecule has 2 aromatic heterocycles. The van der Waals surface area contributed by atoms with Crippen molar-refractivity contribution < 1.29 is 13.9 Å². The molecule has 0 radical (unpaired) electrons. The molecule has 0 saturated carbocycles. The molecule has 0 amide bonds. The third-order valence-electron chi connectivity index (χ3n) is 4.91. The molecule has 2 atom stereocenters. The third kappa shape index (κ3) is 3.63. The summed E-state index contributed by atoms with van der Waals surface area (Å²) in [7, 11) is 0. The van der Waals surface area contributed by atoms with Crippen LogP contribution in [0.3, 0.4) is 0 Å². The average Bonchev–Trinajstić information content (AvgIpc) is 3.28. The van der Waals surface area contributed by atoms with E-state index in [1.54, 1.807) is 6.20 Å². The number of aliphatic hydroxyl groups is 1. The molecule has 1 aliphatic rings. The Morgan fingerprint density at radius 2 is 2.26 bits per heavy atom. The van der Waals surface area contributed by atoms with Gasteiger partial charge in [-0.25, -0.2) is 18.7 Å². The summed E-state index contributed by atoms with van der Waals surface area (Å²) in [4.78, 5) is 11.9. The van der Waals surface area contributed by atoms with Crippen LogP contribution in [0.25, 0.3) is 11.3 Å². The van der Waals surface area contributed by atoms with Gasteiger partial charge < -0.3 is 20.0 Å². The number of rotatable bonds is 5. The van der Waals surface area contributed by atoms with E-state index < -0.39 is 11.6 Å². The number of hydrogen-bond donors (Lipinski definition) is 3. The van der Waals surface area contributed by atoms with Gasteiger partial charge in [0.2, 0.25) is 0 Å². The molecule has 0 spiro atoms. The Balaban J connectivity index is 1.47. The van der Waals surface area contributed by atoms with Gasteiger partial charge in [0.25, 0.3) is 0 Å². The van der Waals surface area contributed by atoms with Crippen LogP contribution in [0.4, 0.5) is 8.78 Å². The number of aromatic nitrogens is 4. The molecule has 142 valence electrons. The zero-order chi connectivity index (χ0) is 19.0. The van der Waals surface area contributed by atoms with Gasteiger partial charge in [0.1, 0.15) is 23.3 Å². The standard InChI is InChI=1S/C19H21F2N5O/c1-11(19-22-7-14(10-27)24-19)23-13-3-5-18-25-17(9-26(18)8-13)15-4-2-12(20)6-16(15)21/h2,4,6-7,9,11,13,23,27H,3,5,8,10H2,1H3,(H,22,24). The first-order valence-electron chi connectivity index (χ1n) is 8.95. The maximum atomic E-state index is 14.0. The molecule has 1 aromatic carbocycles. The van der Waals surface area contributed by atoms with Crippen molar-refractivity contribution in [2.24, 2.45) is 0 Å². The Hall–Kier alpha value is -2.58. The van der Waals surface area contributed by atoms with Gasteiger partial charge in [0, 0.05) is 36.8 Å². The van der Waals surface area contributed by atoms with Gasteiger partial charge in [-0.1, -0.05) is 0 Å². The molecule has 6 nitrogen and oxygen atoms in total. The lowest BCUT2D eigenvalue weighted by molar-refractivity contribution is 0.277. The van der Waals surface area contributed by atoms with Crippen LogP contribution in [0.2, 0.25) is 0 Å². The highest BCUT2D eigenvalue weighted by Gasteiger charge is 2.23. The molecule has 0 saturated heterocycles. The Bertz CT molecular complexity index is 951. The SMILES string of the molecule is CC(NC1CCc2nc(-c3ccc(F)cc3F)cn2C1)c1ncc(CO)[nH]1. The van der Waals surface area contributed by atoms with Crippen molar-refractivity contribution in [3.8, 4) is 11.3 Å². The van der Waals surface area contributed by atoms with E-state index in [2.05, 4.69) is 20.3 Å². The largest absolute Gasteiger partial charge is 0.390 e. The fourth-order valence-electron chi connectivity index (χ4n) is 3.52. The predicted molar refractivity (Wildman–Crippen MR) is 95.7 cm³/mol. The number of benzene rings is 1. The predicted octanol–water partition coefficient (Wildman–Crippen LogP) is 2.71. The molecule has 1 aliphatic heterocycles.